The monoisotopic (exact) mass is 269 g/mol. The molecule has 2 unspecified atom stereocenters. The molecule has 0 saturated heterocycles. The third kappa shape index (κ3) is 3.45. The van der Waals surface area contributed by atoms with Crippen LogP contribution in [0.25, 0.3) is 0 Å². The zero-order chi connectivity index (χ0) is 13.2. The van der Waals surface area contributed by atoms with Crippen LogP contribution in [0.15, 0.2) is 0 Å². The molecule has 0 aromatic heterocycles. The van der Waals surface area contributed by atoms with Crippen molar-refractivity contribution >= 4 is 11.8 Å². The van der Waals surface area contributed by atoms with Crippen molar-refractivity contribution in [1.29, 1.82) is 0 Å². The summed E-state index contributed by atoms with van der Waals surface area (Å²) in [4.78, 5) is 0. The van der Waals surface area contributed by atoms with Gasteiger partial charge in [0, 0.05) is 17.3 Å². The van der Waals surface area contributed by atoms with Crippen LogP contribution in [0, 0.1) is 11.3 Å². The van der Waals surface area contributed by atoms with Crippen LogP contribution < -0.4 is 5.32 Å². The van der Waals surface area contributed by atoms with Gasteiger partial charge >= 0.3 is 0 Å². The molecule has 18 heavy (non-hydrogen) atoms. The van der Waals surface area contributed by atoms with Crippen molar-refractivity contribution in [2.45, 2.75) is 76.5 Å². The lowest BCUT2D eigenvalue weighted by Gasteiger charge is -2.41. The van der Waals surface area contributed by atoms with Crippen molar-refractivity contribution in [2.24, 2.45) is 11.3 Å². The van der Waals surface area contributed by atoms with Gasteiger partial charge in [-0.15, -0.1) is 0 Å². The molecule has 0 aliphatic heterocycles. The van der Waals surface area contributed by atoms with Gasteiger partial charge in [0.2, 0.25) is 0 Å². The number of rotatable bonds is 4. The van der Waals surface area contributed by atoms with Gasteiger partial charge < -0.3 is 5.32 Å². The van der Waals surface area contributed by atoms with E-state index in [1.807, 2.05) is 0 Å². The minimum Gasteiger partial charge on any atom is -0.312 e. The van der Waals surface area contributed by atoms with Crippen LogP contribution in [0.3, 0.4) is 0 Å². The molecular formula is C16H31NS. The Bertz CT molecular complexity index is 268. The Morgan fingerprint density at radius 1 is 1.17 bits per heavy atom. The predicted octanol–water partition coefficient (Wildman–Crippen LogP) is 4.47. The summed E-state index contributed by atoms with van der Waals surface area (Å²) in [6.45, 7) is 8.54. The lowest BCUT2D eigenvalue weighted by molar-refractivity contribution is 0.147. The van der Waals surface area contributed by atoms with Crippen LogP contribution in [0.4, 0.5) is 0 Å². The normalized spacial score (nSPS) is 34.7. The van der Waals surface area contributed by atoms with E-state index in [9.17, 15) is 0 Å². The van der Waals surface area contributed by atoms with Crippen LogP contribution in [0.2, 0.25) is 0 Å². The summed E-state index contributed by atoms with van der Waals surface area (Å²) < 4.78 is 0.562. The first-order valence-corrected chi connectivity index (χ1v) is 8.97. The molecule has 0 aromatic carbocycles. The molecule has 0 heterocycles. The maximum absolute atomic E-state index is 3.92. The summed E-state index contributed by atoms with van der Waals surface area (Å²) >= 11 is 2.11. The molecule has 0 amide bonds. The van der Waals surface area contributed by atoms with Gasteiger partial charge in [0.1, 0.15) is 0 Å². The van der Waals surface area contributed by atoms with Gasteiger partial charge in [-0.1, -0.05) is 33.6 Å². The molecule has 2 heteroatoms. The SMILES string of the molecule is CSC1(CNC2CCC(C)(C)CC2C)CCCC1. The van der Waals surface area contributed by atoms with Gasteiger partial charge in [-0.3, -0.25) is 0 Å². The van der Waals surface area contributed by atoms with Crippen LogP contribution >= 0.6 is 11.8 Å². The highest BCUT2D eigenvalue weighted by Gasteiger charge is 2.36. The molecule has 0 radical (unpaired) electrons. The van der Waals surface area contributed by atoms with Gasteiger partial charge in [0.05, 0.1) is 0 Å². The maximum atomic E-state index is 3.92. The second kappa shape index (κ2) is 5.75. The average molecular weight is 269 g/mol. The first-order chi connectivity index (χ1) is 8.46. The number of thioether (sulfide) groups is 1. The molecule has 106 valence electrons. The third-order valence-electron chi connectivity index (χ3n) is 5.33. The van der Waals surface area contributed by atoms with E-state index in [0.717, 1.165) is 12.0 Å². The van der Waals surface area contributed by atoms with Crippen molar-refractivity contribution in [3.05, 3.63) is 0 Å². The summed E-state index contributed by atoms with van der Waals surface area (Å²) in [6.07, 6.45) is 12.2. The van der Waals surface area contributed by atoms with E-state index >= 15 is 0 Å². The molecule has 2 atom stereocenters. The molecular weight excluding hydrogens is 238 g/mol. The molecule has 2 rings (SSSR count). The zero-order valence-electron chi connectivity index (χ0n) is 12.7. The summed E-state index contributed by atoms with van der Waals surface area (Å²) in [5, 5.41) is 3.92. The topological polar surface area (TPSA) is 12.0 Å². The van der Waals surface area contributed by atoms with E-state index in [1.54, 1.807) is 0 Å². The first-order valence-electron chi connectivity index (χ1n) is 7.75. The Labute approximate surface area is 118 Å². The summed E-state index contributed by atoms with van der Waals surface area (Å²) in [5.74, 6) is 0.842. The van der Waals surface area contributed by atoms with E-state index in [2.05, 4.69) is 44.1 Å². The Morgan fingerprint density at radius 3 is 2.39 bits per heavy atom. The van der Waals surface area contributed by atoms with Gasteiger partial charge in [0.25, 0.3) is 0 Å². The van der Waals surface area contributed by atoms with E-state index in [4.69, 9.17) is 0 Å². The van der Waals surface area contributed by atoms with E-state index in [1.165, 1.54) is 51.5 Å². The highest BCUT2D eigenvalue weighted by atomic mass is 32.2. The summed E-state index contributed by atoms with van der Waals surface area (Å²) in [6, 6.07) is 0.766. The lowest BCUT2D eigenvalue weighted by Crippen LogP contribution is -2.46. The molecule has 0 spiro atoms. The molecule has 2 aliphatic carbocycles. The Balaban J connectivity index is 1.83. The zero-order valence-corrected chi connectivity index (χ0v) is 13.5. The third-order valence-corrected chi connectivity index (χ3v) is 6.75. The highest BCUT2D eigenvalue weighted by Crippen LogP contribution is 2.41. The minimum absolute atomic E-state index is 0.562. The van der Waals surface area contributed by atoms with Gasteiger partial charge in [-0.25, -0.2) is 0 Å². The predicted molar refractivity (Wildman–Crippen MR) is 83.3 cm³/mol. The smallest absolute Gasteiger partial charge is 0.0281 e. The molecule has 2 aliphatic rings. The van der Waals surface area contributed by atoms with Crippen LogP contribution in [-0.4, -0.2) is 23.6 Å². The first kappa shape index (κ1) is 14.7. The average Bonchev–Trinajstić information content (AvgIpc) is 2.76. The van der Waals surface area contributed by atoms with Crippen molar-refractivity contribution in [3.63, 3.8) is 0 Å². The second-order valence-electron chi connectivity index (χ2n) is 7.47. The van der Waals surface area contributed by atoms with E-state index in [0.29, 0.717) is 10.2 Å². The fourth-order valence-electron chi connectivity index (χ4n) is 4.04. The standard InChI is InChI=1S/C16H31NS/c1-13-11-15(2,3)10-7-14(13)17-12-16(18-4)8-5-6-9-16/h13-14,17H,5-12H2,1-4H3. The summed E-state index contributed by atoms with van der Waals surface area (Å²) in [7, 11) is 0. The van der Waals surface area contributed by atoms with E-state index in [-0.39, 0.29) is 0 Å². The van der Waals surface area contributed by atoms with E-state index < -0.39 is 0 Å². The quantitative estimate of drug-likeness (QED) is 0.808. The van der Waals surface area contributed by atoms with Gasteiger partial charge in [0.15, 0.2) is 0 Å². The molecule has 1 nitrogen and oxygen atoms in total. The van der Waals surface area contributed by atoms with Crippen molar-refractivity contribution in [3.8, 4) is 0 Å². The van der Waals surface area contributed by atoms with Gasteiger partial charge in [-0.05, 0) is 49.7 Å². The van der Waals surface area contributed by atoms with Crippen molar-refractivity contribution in [1.82, 2.24) is 5.32 Å². The second-order valence-corrected chi connectivity index (χ2v) is 8.74. The molecule has 1 N–H and O–H groups in total. The van der Waals surface area contributed by atoms with Crippen molar-refractivity contribution in [2.75, 3.05) is 12.8 Å². The molecule has 0 aromatic rings. The minimum atomic E-state index is 0.562. The Morgan fingerprint density at radius 2 is 1.83 bits per heavy atom. The van der Waals surface area contributed by atoms with Crippen molar-refractivity contribution < 1.29 is 0 Å². The van der Waals surface area contributed by atoms with Crippen LogP contribution in [0.1, 0.15) is 65.7 Å². The van der Waals surface area contributed by atoms with Crippen LogP contribution in [-0.2, 0) is 0 Å². The Hall–Kier alpha value is 0.310. The number of hydrogen-bond donors (Lipinski definition) is 1. The van der Waals surface area contributed by atoms with Gasteiger partial charge in [-0.2, -0.15) is 11.8 Å². The molecule has 0 bridgehead atoms. The molecule has 2 fully saturated rings. The number of nitrogens with one attached hydrogen (secondary N) is 1. The largest absolute Gasteiger partial charge is 0.312 e. The van der Waals surface area contributed by atoms with Crippen LogP contribution in [0.5, 0.6) is 0 Å². The highest BCUT2D eigenvalue weighted by molar-refractivity contribution is 8.00. The maximum Gasteiger partial charge on any atom is 0.0281 e. The summed E-state index contributed by atoms with van der Waals surface area (Å²) in [5.41, 5.74) is 0.572. The fourth-order valence-corrected chi connectivity index (χ4v) is 4.96. The Kier molecular flexibility index (Phi) is 4.70. The lowest BCUT2D eigenvalue weighted by atomic mass is 9.70. The fraction of sp³-hybridized carbons (Fsp3) is 1.00. The number of hydrogen-bond acceptors (Lipinski definition) is 2. The molecule has 2 saturated carbocycles.